The lowest BCUT2D eigenvalue weighted by Gasteiger charge is -2.44. The Hall–Kier alpha value is 0.440. The highest BCUT2D eigenvalue weighted by atomic mass is 79.9. The second-order valence-electron chi connectivity index (χ2n) is 4.94. The van der Waals surface area contributed by atoms with Gasteiger partial charge in [-0.1, -0.05) is 35.2 Å². The third-order valence-corrected chi connectivity index (χ3v) is 5.34. The smallest absolute Gasteiger partial charge is 0.0471 e. The van der Waals surface area contributed by atoms with Gasteiger partial charge in [0, 0.05) is 18.5 Å². The zero-order valence-electron chi connectivity index (χ0n) is 8.93. The molecule has 0 radical (unpaired) electrons. The van der Waals surface area contributed by atoms with Crippen LogP contribution in [0.1, 0.15) is 44.9 Å². The lowest BCUT2D eigenvalue weighted by atomic mass is 9.66. The Morgan fingerprint density at radius 2 is 1.71 bits per heavy atom. The Balaban J connectivity index is 2.01. The van der Waals surface area contributed by atoms with Gasteiger partial charge in [0.1, 0.15) is 0 Å². The number of halogens is 1. The van der Waals surface area contributed by atoms with E-state index in [1.807, 2.05) is 0 Å². The van der Waals surface area contributed by atoms with Gasteiger partial charge in [0.2, 0.25) is 0 Å². The van der Waals surface area contributed by atoms with Crippen LogP contribution in [0.5, 0.6) is 0 Å². The Morgan fingerprint density at radius 1 is 1.07 bits per heavy atom. The van der Waals surface area contributed by atoms with Gasteiger partial charge < -0.3 is 4.74 Å². The van der Waals surface area contributed by atoms with E-state index in [0.717, 1.165) is 19.1 Å². The second-order valence-corrected chi connectivity index (χ2v) is 5.50. The number of rotatable bonds is 2. The summed E-state index contributed by atoms with van der Waals surface area (Å²) >= 11 is 3.75. The van der Waals surface area contributed by atoms with Crippen LogP contribution < -0.4 is 0 Å². The van der Waals surface area contributed by atoms with Crippen molar-refractivity contribution < 1.29 is 4.74 Å². The maximum absolute atomic E-state index is 5.50. The minimum absolute atomic E-state index is 0.582. The van der Waals surface area contributed by atoms with Crippen molar-refractivity contribution in [2.75, 3.05) is 18.5 Å². The maximum Gasteiger partial charge on any atom is 0.0471 e. The zero-order chi connectivity index (χ0) is 9.86. The fraction of sp³-hybridized carbons (Fsp3) is 1.00. The van der Waals surface area contributed by atoms with E-state index in [1.54, 1.807) is 0 Å². The number of ether oxygens (including phenoxy) is 1. The molecule has 14 heavy (non-hydrogen) atoms. The van der Waals surface area contributed by atoms with Gasteiger partial charge in [0.05, 0.1) is 0 Å². The van der Waals surface area contributed by atoms with E-state index >= 15 is 0 Å². The van der Waals surface area contributed by atoms with Crippen molar-refractivity contribution in [3.8, 4) is 0 Å². The highest BCUT2D eigenvalue weighted by Crippen LogP contribution is 2.46. The van der Waals surface area contributed by atoms with Gasteiger partial charge >= 0.3 is 0 Å². The SMILES string of the molecule is BrCC1(C2CCCCC2)CCOCC1. The van der Waals surface area contributed by atoms with Crippen molar-refractivity contribution in [1.29, 1.82) is 0 Å². The quantitative estimate of drug-likeness (QED) is 0.688. The van der Waals surface area contributed by atoms with E-state index in [4.69, 9.17) is 4.74 Å². The summed E-state index contributed by atoms with van der Waals surface area (Å²) in [6.07, 6.45) is 9.87. The molecule has 0 aromatic rings. The summed E-state index contributed by atoms with van der Waals surface area (Å²) in [5.74, 6) is 0.972. The molecule has 82 valence electrons. The molecule has 1 aliphatic carbocycles. The monoisotopic (exact) mass is 260 g/mol. The van der Waals surface area contributed by atoms with Crippen LogP contribution in [0, 0.1) is 11.3 Å². The molecule has 2 heteroatoms. The summed E-state index contributed by atoms with van der Waals surface area (Å²) in [4.78, 5) is 0. The third kappa shape index (κ3) is 2.16. The molecule has 0 aromatic carbocycles. The highest BCUT2D eigenvalue weighted by molar-refractivity contribution is 9.09. The van der Waals surface area contributed by atoms with Crippen LogP contribution in [0.2, 0.25) is 0 Å². The highest BCUT2D eigenvalue weighted by Gasteiger charge is 2.39. The molecular weight excluding hydrogens is 240 g/mol. The van der Waals surface area contributed by atoms with E-state index in [2.05, 4.69) is 15.9 Å². The molecule has 0 amide bonds. The van der Waals surface area contributed by atoms with Crippen molar-refractivity contribution in [2.24, 2.45) is 11.3 Å². The second kappa shape index (κ2) is 4.98. The average Bonchev–Trinajstić information content (AvgIpc) is 2.31. The third-order valence-electron chi connectivity index (χ3n) is 4.23. The van der Waals surface area contributed by atoms with Gasteiger partial charge in [-0.15, -0.1) is 0 Å². The van der Waals surface area contributed by atoms with Crippen molar-refractivity contribution in [3.05, 3.63) is 0 Å². The Bertz CT molecular complexity index is 169. The fourth-order valence-corrected chi connectivity index (χ4v) is 4.16. The van der Waals surface area contributed by atoms with Crippen LogP contribution >= 0.6 is 15.9 Å². The summed E-state index contributed by atoms with van der Waals surface area (Å²) in [7, 11) is 0. The lowest BCUT2D eigenvalue weighted by Crippen LogP contribution is -2.39. The summed E-state index contributed by atoms with van der Waals surface area (Å²) in [5, 5.41) is 1.19. The van der Waals surface area contributed by atoms with Crippen LogP contribution in [0.3, 0.4) is 0 Å². The molecule has 0 aromatic heterocycles. The normalized spacial score (nSPS) is 28.9. The van der Waals surface area contributed by atoms with E-state index in [1.165, 1.54) is 50.3 Å². The molecule has 1 saturated heterocycles. The van der Waals surface area contributed by atoms with Crippen LogP contribution in [-0.2, 0) is 4.74 Å². The number of alkyl halides is 1. The minimum Gasteiger partial charge on any atom is -0.381 e. The molecule has 2 fully saturated rings. The minimum atomic E-state index is 0.582. The van der Waals surface area contributed by atoms with Crippen LogP contribution in [0.4, 0.5) is 0 Å². The van der Waals surface area contributed by atoms with Crippen LogP contribution in [0.15, 0.2) is 0 Å². The Kier molecular flexibility index (Phi) is 3.89. The van der Waals surface area contributed by atoms with Gasteiger partial charge in [-0.2, -0.15) is 0 Å². The molecule has 0 atom stereocenters. The topological polar surface area (TPSA) is 9.23 Å². The maximum atomic E-state index is 5.50. The molecule has 0 unspecified atom stereocenters. The molecule has 0 bridgehead atoms. The van der Waals surface area contributed by atoms with Crippen molar-refractivity contribution in [1.82, 2.24) is 0 Å². The van der Waals surface area contributed by atoms with E-state index in [0.29, 0.717) is 5.41 Å². The Morgan fingerprint density at radius 3 is 2.29 bits per heavy atom. The molecule has 2 rings (SSSR count). The predicted octanol–water partition coefficient (Wildman–Crippen LogP) is 3.76. The number of hydrogen-bond acceptors (Lipinski definition) is 1. The molecule has 1 heterocycles. The van der Waals surface area contributed by atoms with E-state index in [9.17, 15) is 0 Å². The first-order valence-electron chi connectivity index (χ1n) is 6.01. The van der Waals surface area contributed by atoms with Gasteiger partial charge in [0.25, 0.3) is 0 Å². The molecule has 1 aliphatic heterocycles. The van der Waals surface area contributed by atoms with Gasteiger partial charge in [-0.25, -0.2) is 0 Å². The summed E-state index contributed by atoms with van der Waals surface area (Å²) in [6.45, 7) is 1.98. The van der Waals surface area contributed by atoms with Gasteiger partial charge in [0.15, 0.2) is 0 Å². The Labute approximate surface area is 95.7 Å². The van der Waals surface area contributed by atoms with Crippen LogP contribution in [0.25, 0.3) is 0 Å². The van der Waals surface area contributed by atoms with Crippen molar-refractivity contribution in [3.63, 3.8) is 0 Å². The molecule has 2 aliphatic rings. The summed E-state index contributed by atoms with van der Waals surface area (Å²) < 4.78 is 5.50. The first kappa shape index (κ1) is 10.9. The number of hydrogen-bond donors (Lipinski definition) is 0. The van der Waals surface area contributed by atoms with Crippen molar-refractivity contribution >= 4 is 15.9 Å². The standard InChI is InChI=1S/C12H21BrO/c13-10-12(6-8-14-9-7-12)11-4-2-1-3-5-11/h11H,1-10H2. The molecule has 0 N–H and O–H groups in total. The summed E-state index contributed by atoms with van der Waals surface area (Å²) in [5.41, 5.74) is 0.582. The van der Waals surface area contributed by atoms with Crippen LogP contribution in [-0.4, -0.2) is 18.5 Å². The van der Waals surface area contributed by atoms with Gasteiger partial charge in [-0.3, -0.25) is 0 Å². The lowest BCUT2D eigenvalue weighted by molar-refractivity contribution is -0.0137. The molecule has 1 nitrogen and oxygen atoms in total. The van der Waals surface area contributed by atoms with Crippen molar-refractivity contribution in [2.45, 2.75) is 44.9 Å². The molecule has 1 saturated carbocycles. The first-order valence-corrected chi connectivity index (χ1v) is 7.13. The van der Waals surface area contributed by atoms with Gasteiger partial charge in [-0.05, 0) is 37.0 Å². The van der Waals surface area contributed by atoms with E-state index in [-0.39, 0.29) is 0 Å². The fourth-order valence-electron chi connectivity index (χ4n) is 3.14. The molecular formula is C12H21BrO. The first-order chi connectivity index (χ1) is 6.87. The molecule has 0 spiro atoms. The largest absolute Gasteiger partial charge is 0.381 e. The zero-order valence-corrected chi connectivity index (χ0v) is 10.5. The summed E-state index contributed by atoms with van der Waals surface area (Å²) in [6, 6.07) is 0. The predicted molar refractivity (Wildman–Crippen MR) is 62.9 cm³/mol. The average molecular weight is 261 g/mol. The van der Waals surface area contributed by atoms with E-state index < -0.39 is 0 Å².